The van der Waals surface area contributed by atoms with Gasteiger partial charge in [0.25, 0.3) is 5.91 Å². The number of benzene rings is 2. The Morgan fingerprint density at radius 2 is 1.63 bits per heavy atom. The summed E-state index contributed by atoms with van der Waals surface area (Å²) in [5.74, 6) is -0.170. The van der Waals surface area contributed by atoms with E-state index in [1.807, 2.05) is 43.3 Å². The van der Waals surface area contributed by atoms with Crippen molar-refractivity contribution in [3.05, 3.63) is 95.3 Å². The number of rotatable bonds is 7. The molecule has 3 aromatic rings. The molecule has 0 bridgehead atoms. The second-order valence-corrected chi connectivity index (χ2v) is 9.41. The van der Waals surface area contributed by atoms with Gasteiger partial charge >= 0.3 is 0 Å². The number of nitrogens with zero attached hydrogens (tertiary/aromatic N) is 3. The molecule has 0 saturated heterocycles. The molecule has 30 heavy (non-hydrogen) atoms. The third-order valence-corrected chi connectivity index (χ3v) is 6.72. The zero-order valence-corrected chi connectivity index (χ0v) is 18.1. The summed E-state index contributed by atoms with van der Waals surface area (Å²) in [4.78, 5) is 19.3. The molecule has 0 aliphatic carbocycles. The Balaban J connectivity index is 1.90. The summed E-state index contributed by atoms with van der Waals surface area (Å²) in [6.45, 7) is 2.86. The number of carbonyl (C=O) groups excluding carboxylic acids is 1. The van der Waals surface area contributed by atoms with Crippen molar-refractivity contribution in [3.8, 4) is 0 Å². The molecule has 156 valence electrons. The predicted molar refractivity (Wildman–Crippen MR) is 116 cm³/mol. The van der Waals surface area contributed by atoms with Crippen LogP contribution in [-0.2, 0) is 23.1 Å². The van der Waals surface area contributed by atoms with Gasteiger partial charge in [0.1, 0.15) is 0 Å². The largest absolute Gasteiger partial charge is 0.330 e. The van der Waals surface area contributed by atoms with Crippen molar-refractivity contribution in [2.45, 2.75) is 24.9 Å². The van der Waals surface area contributed by atoms with Crippen LogP contribution in [0.4, 0.5) is 0 Å². The third kappa shape index (κ3) is 4.93. The maximum Gasteiger partial charge on any atom is 0.254 e. The van der Waals surface area contributed by atoms with E-state index < -0.39 is 10.0 Å². The Morgan fingerprint density at radius 1 is 0.933 bits per heavy atom. The standard InChI is InChI=1S/C23H25N3O3S/c1-18-7-4-5-9-21(18)17-26(16-19-8-6-14-24-15-19)23(27)20-10-12-22(13-11-20)30(28,29)25(2)3/h4-15H,16-17H2,1-3H3. The molecule has 7 heteroatoms. The van der Waals surface area contributed by atoms with E-state index in [0.717, 1.165) is 21.0 Å². The van der Waals surface area contributed by atoms with E-state index in [0.29, 0.717) is 18.7 Å². The predicted octanol–water partition coefficient (Wildman–Crippen LogP) is 3.48. The minimum Gasteiger partial charge on any atom is -0.330 e. The normalized spacial score (nSPS) is 11.5. The van der Waals surface area contributed by atoms with E-state index in [-0.39, 0.29) is 10.8 Å². The van der Waals surface area contributed by atoms with Crippen molar-refractivity contribution < 1.29 is 13.2 Å². The average Bonchev–Trinajstić information content (AvgIpc) is 2.75. The molecule has 1 heterocycles. The van der Waals surface area contributed by atoms with Crippen molar-refractivity contribution in [1.29, 1.82) is 0 Å². The topological polar surface area (TPSA) is 70.6 Å². The van der Waals surface area contributed by atoms with Crippen molar-refractivity contribution in [3.63, 3.8) is 0 Å². The van der Waals surface area contributed by atoms with Gasteiger partial charge in [0.15, 0.2) is 0 Å². The van der Waals surface area contributed by atoms with Crippen LogP contribution in [0.3, 0.4) is 0 Å². The number of amides is 1. The summed E-state index contributed by atoms with van der Waals surface area (Å²) in [5, 5.41) is 0. The second-order valence-electron chi connectivity index (χ2n) is 7.26. The first-order valence-electron chi connectivity index (χ1n) is 9.54. The van der Waals surface area contributed by atoms with E-state index in [1.54, 1.807) is 29.4 Å². The highest BCUT2D eigenvalue weighted by molar-refractivity contribution is 7.89. The molecule has 0 N–H and O–H groups in total. The molecule has 0 unspecified atom stereocenters. The van der Waals surface area contributed by atoms with Crippen molar-refractivity contribution in [2.75, 3.05) is 14.1 Å². The molecule has 0 saturated carbocycles. The summed E-state index contributed by atoms with van der Waals surface area (Å²) in [6, 6.07) is 17.8. The Kier molecular flexibility index (Phi) is 6.64. The molecule has 0 fully saturated rings. The summed E-state index contributed by atoms with van der Waals surface area (Å²) in [5.41, 5.74) is 3.52. The molecular weight excluding hydrogens is 398 g/mol. The first kappa shape index (κ1) is 21.7. The smallest absolute Gasteiger partial charge is 0.254 e. The summed E-state index contributed by atoms with van der Waals surface area (Å²) in [7, 11) is -0.585. The number of aryl methyl sites for hydroxylation is 1. The highest BCUT2D eigenvalue weighted by Gasteiger charge is 2.20. The molecule has 2 aromatic carbocycles. The maximum atomic E-state index is 13.3. The lowest BCUT2D eigenvalue weighted by atomic mass is 10.1. The fourth-order valence-electron chi connectivity index (χ4n) is 3.07. The van der Waals surface area contributed by atoms with E-state index >= 15 is 0 Å². The van der Waals surface area contributed by atoms with Gasteiger partial charge < -0.3 is 4.90 Å². The molecule has 1 aromatic heterocycles. The molecule has 0 atom stereocenters. The molecule has 3 rings (SSSR count). The number of pyridine rings is 1. The maximum absolute atomic E-state index is 13.3. The molecule has 0 spiro atoms. The molecule has 1 amide bonds. The van der Waals surface area contributed by atoms with Crippen LogP contribution in [0.2, 0.25) is 0 Å². The van der Waals surface area contributed by atoms with Gasteiger partial charge in [0.05, 0.1) is 4.90 Å². The van der Waals surface area contributed by atoms with Gasteiger partial charge in [-0.15, -0.1) is 0 Å². The Bertz CT molecular complexity index is 1110. The van der Waals surface area contributed by atoms with Gasteiger partial charge in [-0.05, 0) is 53.9 Å². The van der Waals surface area contributed by atoms with Crippen molar-refractivity contribution in [2.24, 2.45) is 0 Å². The first-order valence-corrected chi connectivity index (χ1v) is 11.0. The van der Waals surface area contributed by atoms with Crippen LogP contribution < -0.4 is 0 Å². The molecule has 0 aliphatic rings. The van der Waals surface area contributed by atoms with Crippen LogP contribution in [0, 0.1) is 6.92 Å². The first-order chi connectivity index (χ1) is 14.3. The highest BCUT2D eigenvalue weighted by atomic mass is 32.2. The van der Waals surface area contributed by atoms with E-state index in [2.05, 4.69) is 4.98 Å². The number of hydrogen-bond acceptors (Lipinski definition) is 4. The van der Waals surface area contributed by atoms with Crippen LogP contribution in [0.25, 0.3) is 0 Å². The lowest BCUT2D eigenvalue weighted by Crippen LogP contribution is -2.30. The Hall–Kier alpha value is -3.03. The summed E-state index contributed by atoms with van der Waals surface area (Å²) in [6.07, 6.45) is 3.44. The van der Waals surface area contributed by atoms with Crippen LogP contribution in [0.15, 0.2) is 78.0 Å². The minimum atomic E-state index is -3.54. The second kappa shape index (κ2) is 9.19. The van der Waals surface area contributed by atoms with Crippen molar-refractivity contribution in [1.82, 2.24) is 14.2 Å². The molecular formula is C23H25N3O3S. The number of hydrogen-bond donors (Lipinski definition) is 0. The lowest BCUT2D eigenvalue weighted by Gasteiger charge is -2.24. The van der Waals surface area contributed by atoms with E-state index in [9.17, 15) is 13.2 Å². The Morgan fingerprint density at radius 3 is 2.23 bits per heavy atom. The monoisotopic (exact) mass is 423 g/mol. The quantitative estimate of drug-likeness (QED) is 0.583. The minimum absolute atomic E-state index is 0.154. The zero-order chi connectivity index (χ0) is 21.7. The lowest BCUT2D eigenvalue weighted by molar-refractivity contribution is 0.0729. The molecule has 0 radical (unpaired) electrons. The number of aromatic nitrogens is 1. The van der Waals surface area contributed by atoms with Gasteiger partial charge in [-0.2, -0.15) is 0 Å². The number of carbonyl (C=O) groups is 1. The number of sulfonamides is 1. The van der Waals surface area contributed by atoms with E-state index in [1.165, 1.54) is 26.2 Å². The van der Waals surface area contributed by atoms with Crippen LogP contribution in [-0.4, -0.2) is 42.6 Å². The summed E-state index contributed by atoms with van der Waals surface area (Å²) >= 11 is 0. The molecule has 0 aliphatic heterocycles. The van der Waals surface area contributed by atoms with Gasteiger partial charge in [0.2, 0.25) is 10.0 Å². The third-order valence-electron chi connectivity index (χ3n) is 4.89. The fourth-order valence-corrected chi connectivity index (χ4v) is 3.97. The van der Waals surface area contributed by atoms with E-state index in [4.69, 9.17) is 0 Å². The average molecular weight is 424 g/mol. The van der Waals surface area contributed by atoms with Gasteiger partial charge in [0, 0.05) is 45.1 Å². The summed E-state index contributed by atoms with van der Waals surface area (Å²) < 4.78 is 25.7. The van der Waals surface area contributed by atoms with Gasteiger partial charge in [-0.25, -0.2) is 12.7 Å². The SMILES string of the molecule is Cc1ccccc1CN(Cc1cccnc1)C(=O)c1ccc(S(=O)(=O)N(C)C)cc1. The Labute approximate surface area is 177 Å². The van der Waals surface area contributed by atoms with Crippen LogP contribution in [0.5, 0.6) is 0 Å². The zero-order valence-electron chi connectivity index (χ0n) is 17.3. The van der Waals surface area contributed by atoms with Gasteiger partial charge in [-0.3, -0.25) is 9.78 Å². The highest BCUT2D eigenvalue weighted by Crippen LogP contribution is 2.19. The fraction of sp³-hybridized carbons (Fsp3) is 0.217. The van der Waals surface area contributed by atoms with Crippen molar-refractivity contribution >= 4 is 15.9 Å². The van der Waals surface area contributed by atoms with Crippen LogP contribution >= 0.6 is 0 Å². The van der Waals surface area contributed by atoms with Gasteiger partial charge in [-0.1, -0.05) is 30.3 Å². The van der Waals surface area contributed by atoms with Crippen LogP contribution in [0.1, 0.15) is 27.0 Å². The molecule has 6 nitrogen and oxygen atoms in total.